The summed E-state index contributed by atoms with van der Waals surface area (Å²) < 4.78 is 0. The molecule has 0 spiro atoms. The first-order chi connectivity index (χ1) is 7.79. The number of hydrogen-bond acceptors (Lipinski definition) is 3. The molecule has 2 rings (SSSR count). The summed E-state index contributed by atoms with van der Waals surface area (Å²) >= 11 is 0. The number of nitrogens with one attached hydrogen (secondary N) is 2. The Labute approximate surface area is 95.0 Å². The van der Waals surface area contributed by atoms with Gasteiger partial charge in [-0.05, 0) is 12.3 Å². The Hall–Kier alpha value is -1.39. The van der Waals surface area contributed by atoms with Crippen molar-refractivity contribution >= 4 is 5.91 Å². The number of carbonyl (C=O) groups excluding carboxylic acids is 1. The number of rotatable bonds is 5. The Morgan fingerprint density at radius 1 is 1.56 bits per heavy atom. The van der Waals surface area contributed by atoms with Crippen LogP contribution >= 0.6 is 0 Å². The molecule has 0 radical (unpaired) electrons. The largest absolute Gasteiger partial charge is 0.349 e. The van der Waals surface area contributed by atoms with E-state index in [0.717, 1.165) is 31.1 Å². The van der Waals surface area contributed by atoms with Gasteiger partial charge in [-0.2, -0.15) is 0 Å². The van der Waals surface area contributed by atoms with Crippen molar-refractivity contribution < 1.29 is 4.79 Å². The van der Waals surface area contributed by atoms with Crippen LogP contribution in [-0.2, 0) is 6.42 Å². The van der Waals surface area contributed by atoms with E-state index in [2.05, 4.69) is 20.5 Å². The lowest BCUT2D eigenvalue weighted by molar-refractivity contribution is 0.0939. The van der Waals surface area contributed by atoms with Crippen LogP contribution in [0.3, 0.4) is 0 Å². The topological polar surface area (TPSA) is 70.7 Å². The van der Waals surface area contributed by atoms with Crippen LogP contribution in [0.25, 0.3) is 0 Å². The molecule has 1 heterocycles. The van der Waals surface area contributed by atoms with Gasteiger partial charge in [0, 0.05) is 13.0 Å². The van der Waals surface area contributed by atoms with Crippen LogP contribution in [0.15, 0.2) is 0 Å². The van der Waals surface area contributed by atoms with E-state index in [1.165, 1.54) is 19.3 Å². The molecule has 1 fully saturated rings. The van der Waals surface area contributed by atoms with Crippen molar-refractivity contribution in [3.05, 3.63) is 11.6 Å². The molecular formula is C11H18N4O. The van der Waals surface area contributed by atoms with E-state index in [0.29, 0.717) is 0 Å². The normalized spacial score (nSPS) is 15.8. The van der Waals surface area contributed by atoms with Crippen LogP contribution in [0.2, 0.25) is 0 Å². The fraction of sp³-hybridized carbons (Fsp3) is 0.727. The zero-order valence-corrected chi connectivity index (χ0v) is 9.62. The first-order valence-corrected chi connectivity index (χ1v) is 5.99. The second kappa shape index (κ2) is 5.09. The van der Waals surface area contributed by atoms with Gasteiger partial charge in [0.15, 0.2) is 0 Å². The number of aryl methyl sites for hydroxylation is 1. The smallest absolute Gasteiger partial charge is 0.290 e. The molecule has 5 heteroatoms. The third-order valence-corrected chi connectivity index (χ3v) is 3.13. The van der Waals surface area contributed by atoms with E-state index in [1.54, 1.807) is 0 Å². The molecule has 5 nitrogen and oxygen atoms in total. The van der Waals surface area contributed by atoms with Crippen molar-refractivity contribution in [1.29, 1.82) is 0 Å². The van der Waals surface area contributed by atoms with Crippen molar-refractivity contribution in [2.45, 2.75) is 39.0 Å². The van der Waals surface area contributed by atoms with E-state index in [1.807, 2.05) is 6.92 Å². The molecule has 0 atom stereocenters. The van der Waals surface area contributed by atoms with Gasteiger partial charge in [0.2, 0.25) is 5.82 Å². The number of nitrogens with zero attached hydrogens (tertiary/aromatic N) is 2. The molecule has 2 N–H and O–H groups in total. The highest BCUT2D eigenvalue weighted by Gasteiger charge is 2.17. The van der Waals surface area contributed by atoms with Crippen LogP contribution in [0, 0.1) is 5.92 Å². The maximum atomic E-state index is 11.6. The third kappa shape index (κ3) is 2.59. The van der Waals surface area contributed by atoms with Gasteiger partial charge in [-0.1, -0.05) is 26.2 Å². The SMILES string of the molecule is CCc1nc(C(=O)NCCC2CCC2)n[nH]1. The Morgan fingerprint density at radius 3 is 2.94 bits per heavy atom. The quantitative estimate of drug-likeness (QED) is 0.788. The second-order valence-electron chi connectivity index (χ2n) is 4.30. The molecule has 1 aliphatic rings. The lowest BCUT2D eigenvalue weighted by Crippen LogP contribution is -2.28. The number of carbonyl (C=O) groups is 1. The summed E-state index contributed by atoms with van der Waals surface area (Å²) in [5, 5.41) is 9.46. The number of amides is 1. The summed E-state index contributed by atoms with van der Waals surface area (Å²) in [4.78, 5) is 15.7. The molecule has 0 unspecified atom stereocenters. The lowest BCUT2D eigenvalue weighted by atomic mass is 9.83. The minimum absolute atomic E-state index is 0.171. The van der Waals surface area contributed by atoms with E-state index in [-0.39, 0.29) is 11.7 Å². The molecule has 88 valence electrons. The van der Waals surface area contributed by atoms with Gasteiger partial charge in [0.1, 0.15) is 5.82 Å². The zero-order chi connectivity index (χ0) is 11.4. The van der Waals surface area contributed by atoms with Crippen molar-refractivity contribution in [2.75, 3.05) is 6.54 Å². The zero-order valence-electron chi connectivity index (χ0n) is 9.62. The second-order valence-corrected chi connectivity index (χ2v) is 4.30. The van der Waals surface area contributed by atoms with Crippen molar-refractivity contribution in [2.24, 2.45) is 5.92 Å². The summed E-state index contributed by atoms with van der Waals surface area (Å²) in [5.41, 5.74) is 0. The van der Waals surface area contributed by atoms with Crippen LogP contribution in [-0.4, -0.2) is 27.6 Å². The average molecular weight is 222 g/mol. The summed E-state index contributed by atoms with van der Waals surface area (Å²) in [6, 6.07) is 0. The summed E-state index contributed by atoms with van der Waals surface area (Å²) in [6.45, 7) is 2.71. The third-order valence-electron chi connectivity index (χ3n) is 3.13. The summed E-state index contributed by atoms with van der Waals surface area (Å²) in [5.74, 6) is 1.66. The molecule has 1 aromatic rings. The maximum absolute atomic E-state index is 11.6. The first kappa shape index (κ1) is 11.1. The first-order valence-electron chi connectivity index (χ1n) is 5.99. The number of aromatic nitrogens is 3. The highest BCUT2D eigenvalue weighted by Crippen LogP contribution is 2.28. The van der Waals surface area contributed by atoms with Crippen LogP contribution in [0.5, 0.6) is 0 Å². The molecule has 0 aromatic carbocycles. The average Bonchev–Trinajstić information content (AvgIpc) is 2.69. The summed E-state index contributed by atoms with van der Waals surface area (Å²) in [7, 11) is 0. The molecular weight excluding hydrogens is 204 g/mol. The monoisotopic (exact) mass is 222 g/mol. The van der Waals surface area contributed by atoms with E-state index >= 15 is 0 Å². The van der Waals surface area contributed by atoms with Gasteiger partial charge in [0.25, 0.3) is 5.91 Å². The predicted octanol–water partition coefficient (Wildman–Crippen LogP) is 1.29. The number of aromatic amines is 1. The van der Waals surface area contributed by atoms with Gasteiger partial charge in [-0.15, -0.1) is 5.10 Å². The Kier molecular flexibility index (Phi) is 3.54. The predicted molar refractivity (Wildman–Crippen MR) is 60.1 cm³/mol. The van der Waals surface area contributed by atoms with Crippen LogP contribution in [0.4, 0.5) is 0 Å². The van der Waals surface area contributed by atoms with Gasteiger partial charge in [-0.3, -0.25) is 9.89 Å². The molecule has 1 amide bonds. The molecule has 1 saturated carbocycles. The minimum atomic E-state index is -0.171. The van der Waals surface area contributed by atoms with Crippen molar-refractivity contribution in [3.63, 3.8) is 0 Å². The lowest BCUT2D eigenvalue weighted by Gasteiger charge is -2.24. The maximum Gasteiger partial charge on any atom is 0.290 e. The standard InChI is InChI=1S/C11H18N4O/c1-2-9-13-10(15-14-9)11(16)12-7-6-8-4-3-5-8/h8H,2-7H2,1H3,(H,12,16)(H,13,14,15). The molecule has 1 aliphatic carbocycles. The highest BCUT2D eigenvalue weighted by atomic mass is 16.2. The van der Waals surface area contributed by atoms with Gasteiger partial charge >= 0.3 is 0 Å². The van der Waals surface area contributed by atoms with Gasteiger partial charge < -0.3 is 5.32 Å². The fourth-order valence-electron chi connectivity index (χ4n) is 1.81. The molecule has 1 aromatic heterocycles. The number of H-pyrrole nitrogens is 1. The van der Waals surface area contributed by atoms with E-state index in [9.17, 15) is 4.79 Å². The molecule has 0 bridgehead atoms. The van der Waals surface area contributed by atoms with Gasteiger partial charge in [-0.25, -0.2) is 4.98 Å². The Bertz CT molecular complexity index is 357. The van der Waals surface area contributed by atoms with Crippen molar-refractivity contribution in [1.82, 2.24) is 20.5 Å². The number of hydrogen-bond donors (Lipinski definition) is 2. The Morgan fingerprint density at radius 2 is 2.38 bits per heavy atom. The van der Waals surface area contributed by atoms with E-state index in [4.69, 9.17) is 0 Å². The minimum Gasteiger partial charge on any atom is -0.349 e. The van der Waals surface area contributed by atoms with Gasteiger partial charge in [0.05, 0.1) is 0 Å². The Balaban J connectivity index is 1.73. The highest BCUT2D eigenvalue weighted by molar-refractivity contribution is 5.90. The van der Waals surface area contributed by atoms with Crippen LogP contribution < -0.4 is 5.32 Å². The molecule has 0 saturated heterocycles. The molecule has 16 heavy (non-hydrogen) atoms. The molecule has 0 aliphatic heterocycles. The summed E-state index contributed by atoms with van der Waals surface area (Å²) in [6.07, 6.45) is 5.82. The van der Waals surface area contributed by atoms with Crippen molar-refractivity contribution in [3.8, 4) is 0 Å². The van der Waals surface area contributed by atoms with E-state index < -0.39 is 0 Å². The van der Waals surface area contributed by atoms with Crippen LogP contribution in [0.1, 0.15) is 49.1 Å². The fourth-order valence-corrected chi connectivity index (χ4v) is 1.81.